The van der Waals surface area contributed by atoms with E-state index in [2.05, 4.69) is 14.7 Å². The fourth-order valence-electron chi connectivity index (χ4n) is 1.95. The lowest BCUT2D eigenvalue weighted by atomic mass is 10.4. The molecule has 0 aromatic carbocycles. The van der Waals surface area contributed by atoms with Crippen molar-refractivity contribution in [3.8, 4) is 0 Å². The van der Waals surface area contributed by atoms with Crippen molar-refractivity contribution in [3.63, 3.8) is 0 Å². The summed E-state index contributed by atoms with van der Waals surface area (Å²) in [7, 11) is -3.28. The van der Waals surface area contributed by atoms with E-state index in [0.29, 0.717) is 32.0 Å². The van der Waals surface area contributed by atoms with Crippen LogP contribution >= 0.6 is 0 Å². The molecule has 0 amide bonds. The molecule has 1 fully saturated rings. The van der Waals surface area contributed by atoms with Gasteiger partial charge in [-0.25, -0.2) is 27.5 Å². The quantitative estimate of drug-likeness (QED) is 0.845. The Morgan fingerprint density at radius 2 is 2.17 bits per heavy atom. The van der Waals surface area contributed by atoms with E-state index in [4.69, 9.17) is 0 Å². The third kappa shape index (κ3) is 2.75. The van der Waals surface area contributed by atoms with Crippen LogP contribution in [0, 0.1) is 5.82 Å². The number of hydrogen-bond donors (Lipinski definition) is 1. The third-order valence-electron chi connectivity index (χ3n) is 2.82. The summed E-state index contributed by atoms with van der Waals surface area (Å²) in [5, 5.41) is -0.467. The molecule has 1 aromatic rings. The molecular formula is C10H15FN4O2S. The summed E-state index contributed by atoms with van der Waals surface area (Å²) < 4.78 is 38.8. The van der Waals surface area contributed by atoms with E-state index in [-0.39, 0.29) is 0 Å². The molecule has 1 aromatic heterocycles. The van der Waals surface area contributed by atoms with Gasteiger partial charge in [0.1, 0.15) is 0 Å². The maximum absolute atomic E-state index is 12.7. The van der Waals surface area contributed by atoms with E-state index >= 15 is 0 Å². The third-order valence-corrected chi connectivity index (χ3v) is 4.77. The van der Waals surface area contributed by atoms with Crippen molar-refractivity contribution in [3.05, 3.63) is 18.2 Å². The van der Waals surface area contributed by atoms with Crippen LogP contribution in [0.3, 0.4) is 0 Å². The molecule has 0 aliphatic carbocycles. The van der Waals surface area contributed by atoms with Crippen molar-refractivity contribution >= 4 is 16.0 Å². The molecule has 1 aliphatic rings. The van der Waals surface area contributed by atoms with Gasteiger partial charge in [-0.15, -0.1) is 0 Å². The largest absolute Gasteiger partial charge is 0.339 e. The van der Waals surface area contributed by atoms with Crippen LogP contribution in [-0.4, -0.2) is 43.3 Å². The van der Waals surface area contributed by atoms with Gasteiger partial charge in [0.05, 0.1) is 17.6 Å². The molecule has 0 radical (unpaired) electrons. The minimum absolute atomic E-state index is 0.334. The predicted molar refractivity (Wildman–Crippen MR) is 65.2 cm³/mol. The first kappa shape index (κ1) is 13.2. The molecule has 1 unspecified atom stereocenters. The molecule has 1 atom stereocenters. The molecule has 2 heterocycles. The Balaban J connectivity index is 2.07. The topological polar surface area (TPSA) is 75.2 Å². The van der Waals surface area contributed by atoms with E-state index in [1.54, 1.807) is 11.8 Å². The average Bonchev–Trinajstić information content (AvgIpc) is 2.80. The highest BCUT2D eigenvalue weighted by molar-refractivity contribution is 7.90. The first-order chi connectivity index (χ1) is 8.53. The SMILES string of the molecule is CCNS(=O)(=O)C1CCN(c2ncc(F)cn2)C1. The van der Waals surface area contributed by atoms with Gasteiger partial charge in [0.15, 0.2) is 5.82 Å². The molecule has 1 saturated heterocycles. The molecule has 0 bridgehead atoms. The van der Waals surface area contributed by atoms with Gasteiger partial charge in [0, 0.05) is 19.6 Å². The van der Waals surface area contributed by atoms with Crippen LogP contribution < -0.4 is 9.62 Å². The van der Waals surface area contributed by atoms with E-state index in [1.165, 1.54) is 0 Å². The highest BCUT2D eigenvalue weighted by Gasteiger charge is 2.33. The van der Waals surface area contributed by atoms with Gasteiger partial charge >= 0.3 is 0 Å². The summed E-state index contributed by atoms with van der Waals surface area (Å²) in [6.45, 7) is 3.02. The van der Waals surface area contributed by atoms with Crippen molar-refractivity contribution in [2.45, 2.75) is 18.6 Å². The van der Waals surface area contributed by atoms with Crippen molar-refractivity contribution in [2.24, 2.45) is 0 Å². The normalized spacial score (nSPS) is 20.3. The number of hydrogen-bond acceptors (Lipinski definition) is 5. The van der Waals surface area contributed by atoms with E-state index in [0.717, 1.165) is 12.4 Å². The number of aromatic nitrogens is 2. The molecule has 100 valence electrons. The summed E-state index contributed by atoms with van der Waals surface area (Å²) in [6.07, 6.45) is 2.68. The maximum Gasteiger partial charge on any atom is 0.225 e. The van der Waals surface area contributed by atoms with Gasteiger partial charge < -0.3 is 4.90 Å². The standard InChI is InChI=1S/C10H15FN4O2S/c1-2-14-18(16,17)9-3-4-15(7-9)10-12-5-8(11)6-13-10/h5-6,9,14H,2-4,7H2,1H3. The first-order valence-electron chi connectivity index (χ1n) is 5.74. The van der Waals surface area contributed by atoms with Crippen molar-refractivity contribution in [1.29, 1.82) is 0 Å². The second kappa shape index (κ2) is 5.15. The van der Waals surface area contributed by atoms with Crippen LogP contribution in [0.4, 0.5) is 10.3 Å². The Hall–Kier alpha value is -1.28. The Kier molecular flexibility index (Phi) is 3.76. The number of anilines is 1. The Bertz CT molecular complexity index is 505. The van der Waals surface area contributed by atoms with Crippen LogP contribution in [0.2, 0.25) is 0 Å². The zero-order chi connectivity index (χ0) is 13.2. The van der Waals surface area contributed by atoms with Crippen LogP contribution in [-0.2, 0) is 10.0 Å². The number of nitrogens with zero attached hydrogens (tertiary/aromatic N) is 3. The number of sulfonamides is 1. The summed E-state index contributed by atoms with van der Waals surface area (Å²) in [5.41, 5.74) is 0. The highest BCUT2D eigenvalue weighted by Crippen LogP contribution is 2.20. The summed E-state index contributed by atoms with van der Waals surface area (Å²) in [4.78, 5) is 9.44. The first-order valence-corrected chi connectivity index (χ1v) is 7.28. The fraction of sp³-hybridized carbons (Fsp3) is 0.600. The predicted octanol–water partition coefficient (Wildman–Crippen LogP) is 0.134. The number of halogens is 1. The molecule has 18 heavy (non-hydrogen) atoms. The van der Waals surface area contributed by atoms with Gasteiger partial charge in [-0.2, -0.15) is 0 Å². The van der Waals surface area contributed by atoms with Crippen LogP contribution in [0.5, 0.6) is 0 Å². The summed E-state index contributed by atoms with van der Waals surface area (Å²) in [5.74, 6) is -0.139. The highest BCUT2D eigenvalue weighted by atomic mass is 32.2. The van der Waals surface area contributed by atoms with Crippen molar-refractivity contribution in [2.75, 3.05) is 24.5 Å². The van der Waals surface area contributed by atoms with Crippen molar-refractivity contribution in [1.82, 2.24) is 14.7 Å². The molecule has 0 spiro atoms. The molecule has 1 aliphatic heterocycles. The average molecular weight is 274 g/mol. The van der Waals surface area contributed by atoms with E-state index < -0.39 is 21.1 Å². The number of nitrogens with one attached hydrogen (secondary N) is 1. The Morgan fingerprint density at radius 1 is 1.50 bits per heavy atom. The summed E-state index contributed by atoms with van der Waals surface area (Å²) in [6, 6.07) is 0. The zero-order valence-corrected chi connectivity index (χ0v) is 10.8. The second-order valence-corrected chi connectivity index (χ2v) is 6.15. The Morgan fingerprint density at radius 3 is 2.78 bits per heavy atom. The molecule has 8 heteroatoms. The minimum Gasteiger partial charge on any atom is -0.339 e. The monoisotopic (exact) mass is 274 g/mol. The molecule has 2 rings (SSSR count). The van der Waals surface area contributed by atoms with E-state index in [9.17, 15) is 12.8 Å². The number of rotatable bonds is 4. The zero-order valence-electron chi connectivity index (χ0n) is 10.0. The Labute approximate surface area is 105 Å². The van der Waals surface area contributed by atoms with Gasteiger partial charge in [-0.1, -0.05) is 6.92 Å². The maximum atomic E-state index is 12.7. The van der Waals surface area contributed by atoms with Gasteiger partial charge in [-0.05, 0) is 6.42 Å². The molecule has 6 nitrogen and oxygen atoms in total. The lowest BCUT2D eigenvalue weighted by molar-refractivity contribution is 0.570. The summed E-state index contributed by atoms with van der Waals surface area (Å²) >= 11 is 0. The van der Waals surface area contributed by atoms with Gasteiger partial charge in [0.25, 0.3) is 0 Å². The molecule has 1 N–H and O–H groups in total. The van der Waals surface area contributed by atoms with Crippen molar-refractivity contribution < 1.29 is 12.8 Å². The molecular weight excluding hydrogens is 259 g/mol. The fourth-order valence-corrected chi connectivity index (χ4v) is 3.38. The second-order valence-electron chi connectivity index (χ2n) is 4.10. The minimum atomic E-state index is -3.28. The van der Waals surface area contributed by atoms with E-state index in [1.807, 2.05) is 0 Å². The van der Waals surface area contributed by atoms with Gasteiger partial charge in [0.2, 0.25) is 16.0 Å². The molecule has 0 saturated carbocycles. The van der Waals surface area contributed by atoms with Crippen LogP contribution in [0.25, 0.3) is 0 Å². The smallest absolute Gasteiger partial charge is 0.225 e. The lowest BCUT2D eigenvalue weighted by Crippen LogP contribution is -2.36. The lowest BCUT2D eigenvalue weighted by Gasteiger charge is -2.16. The van der Waals surface area contributed by atoms with Crippen LogP contribution in [0.1, 0.15) is 13.3 Å². The van der Waals surface area contributed by atoms with Gasteiger partial charge in [-0.3, -0.25) is 0 Å². The van der Waals surface area contributed by atoms with Crippen LogP contribution in [0.15, 0.2) is 12.4 Å².